The zero-order valence-electron chi connectivity index (χ0n) is 11.5. The second kappa shape index (κ2) is 6.37. The molecule has 0 spiro atoms. The average Bonchev–Trinajstić information content (AvgIpc) is 2.76. The lowest BCUT2D eigenvalue weighted by Gasteiger charge is -2.07. The van der Waals surface area contributed by atoms with Gasteiger partial charge < -0.3 is 4.57 Å². The molecule has 1 heterocycles. The lowest BCUT2D eigenvalue weighted by Crippen LogP contribution is -2.03. The molecule has 0 fully saturated rings. The van der Waals surface area contributed by atoms with Crippen LogP contribution >= 0.6 is 23.4 Å². The fourth-order valence-electron chi connectivity index (χ4n) is 2.19. The number of aryl methyl sites for hydroxylation is 1. The molecule has 0 saturated heterocycles. The first kappa shape index (κ1) is 15.7. The molecule has 1 aromatic heterocycles. The molecule has 0 amide bonds. The van der Waals surface area contributed by atoms with Gasteiger partial charge in [0.25, 0.3) is 0 Å². The Labute approximate surface area is 128 Å². The van der Waals surface area contributed by atoms with Crippen molar-refractivity contribution in [3.05, 3.63) is 24.0 Å². The molecule has 2 aromatic rings. The Morgan fingerprint density at radius 2 is 2.15 bits per heavy atom. The van der Waals surface area contributed by atoms with E-state index in [0.29, 0.717) is 5.52 Å². The van der Waals surface area contributed by atoms with Gasteiger partial charge >= 0.3 is 0 Å². The van der Waals surface area contributed by atoms with Crippen molar-refractivity contribution in [2.24, 2.45) is 0 Å². The van der Waals surface area contributed by atoms with Crippen LogP contribution in [0.5, 0.6) is 0 Å². The van der Waals surface area contributed by atoms with E-state index in [2.05, 4.69) is 11.2 Å². The highest BCUT2D eigenvalue weighted by atomic mass is 35.5. The van der Waals surface area contributed by atoms with E-state index in [1.807, 2.05) is 10.6 Å². The SMILES string of the molecule is CSCCCn1c(CCl)nc2c(S(C)(=O)=O)cccc21. The van der Waals surface area contributed by atoms with Crippen LogP contribution in [0.25, 0.3) is 11.0 Å². The van der Waals surface area contributed by atoms with E-state index in [1.165, 1.54) is 6.26 Å². The molecule has 0 saturated carbocycles. The zero-order chi connectivity index (χ0) is 14.8. The number of halogens is 1. The van der Waals surface area contributed by atoms with Gasteiger partial charge in [-0.3, -0.25) is 0 Å². The maximum Gasteiger partial charge on any atom is 0.177 e. The number of hydrogen-bond donors (Lipinski definition) is 0. The Bertz CT molecular complexity index is 710. The summed E-state index contributed by atoms with van der Waals surface area (Å²) in [7, 11) is -3.29. The second-order valence-corrected chi connectivity index (χ2v) is 7.79. The van der Waals surface area contributed by atoms with E-state index < -0.39 is 9.84 Å². The van der Waals surface area contributed by atoms with E-state index in [0.717, 1.165) is 30.1 Å². The maximum absolute atomic E-state index is 11.8. The number of hydrogen-bond acceptors (Lipinski definition) is 4. The van der Waals surface area contributed by atoms with Crippen molar-refractivity contribution in [3.8, 4) is 0 Å². The highest BCUT2D eigenvalue weighted by Gasteiger charge is 2.17. The molecule has 20 heavy (non-hydrogen) atoms. The Balaban J connectivity index is 2.57. The molecule has 0 radical (unpaired) electrons. The highest BCUT2D eigenvalue weighted by molar-refractivity contribution is 7.98. The molecule has 0 bridgehead atoms. The molecule has 0 aliphatic heterocycles. The topological polar surface area (TPSA) is 52.0 Å². The first-order valence-electron chi connectivity index (χ1n) is 6.22. The van der Waals surface area contributed by atoms with Crippen LogP contribution in [0, 0.1) is 0 Å². The van der Waals surface area contributed by atoms with Gasteiger partial charge in [-0.1, -0.05) is 6.07 Å². The fraction of sp³-hybridized carbons (Fsp3) is 0.462. The molecule has 0 aliphatic rings. The maximum atomic E-state index is 11.8. The summed E-state index contributed by atoms with van der Waals surface area (Å²) in [6.45, 7) is 0.798. The smallest absolute Gasteiger partial charge is 0.177 e. The number of aromatic nitrogens is 2. The van der Waals surface area contributed by atoms with Crippen LogP contribution in [-0.2, 0) is 22.3 Å². The van der Waals surface area contributed by atoms with Gasteiger partial charge in [-0.2, -0.15) is 11.8 Å². The molecular weight excluding hydrogens is 316 g/mol. The number of imidazole rings is 1. The molecule has 1 aromatic carbocycles. The predicted molar refractivity (Wildman–Crippen MR) is 85.4 cm³/mol. The predicted octanol–water partition coefficient (Wildman–Crippen LogP) is 2.93. The van der Waals surface area contributed by atoms with Gasteiger partial charge in [-0.25, -0.2) is 13.4 Å². The summed E-state index contributed by atoms with van der Waals surface area (Å²) in [6.07, 6.45) is 4.27. The number of nitrogens with zero attached hydrogens (tertiary/aromatic N) is 2. The molecule has 4 nitrogen and oxygen atoms in total. The third-order valence-electron chi connectivity index (χ3n) is 3.07. The Hall–Kier alpha value is -0.720. The quantitative estimate of drug-likeness (QED) is 0.603. The van der Waals surface area contributed by atoms with Gasteiger partial charge in [0.15, 0.2) is 9.84 Å². The summed E-state index contributed by atoms with van der Waals surface area (Å²) < 4.78 is 25.7. The van der Waals surface area contributed by atoms with Crippen molar-refractivity contribution >= 4 is 44.2 Å². The first-order valence-corrected chi connectivity index (χ1v) is 10.0. The van der Waals surface area contributed by atoms with Gasteiger partial charge in [-0.15, -0.1) is 11.6 Å². The Morgan fingerprint density at radius 1 is 1.40 bits per heavy atom. The lowest BCUT2D eigenvalue weighted by atomic mass is 10.3. The molecule has 0 unspecified atom stereocenters. The van der Waals surface area contributed by atoms with Gasteiger partial charge in [-0.05, 0) is 30.6 Å². The van der Waals surface area contributed by atoms with Gasteiger partial charge in [0.05, 0.1) is 16.3 Å². The van der Waals surface area contributed by atoms with Crippen LogP contribution in [-0.4, -0.2) is 36.2 Å². The van der Waals surface area contributed by atoms with Crippen LogP contribution < -0.4 is 0 Å². The van der Waals surface area contributed by atoms with Crippen LogP contribution in [0.3, 0.4) is 0 Å². The van der Waals surface area contributed by atoms with E-state index in [9.17, 15) is 8.42 Å². The van der Waals surface area contributed by atoms with Crippen LogP contribution in [0.15, 0.2) is 23.1 Å². The molecule has 2 rings (SSSR count). The molecule has 0 aliphatic carbocycles. The van der Waals surface area contributed by atoms with Crippen molar-refractivity contribution in [1.29, 1.82) is 0 Å². The standard InChI is InChI=1S/C13H17ClN2O2S2/c1-19-8-4-7-16-10-5-3-6-11(20(2,17)18)13(10)15-12(16)9-14/h3,5-6H,4,7-9H2,1-2H3. The molecule has 110 valence electrons. The van der Waals surface area contributed by atoms with E-state index in [4.69, 9.17) is 11.6 Å². The van der Waals surface area contributed by atoms with Crippen molar-refractivity contribution in [2.45, 2.75) is 23.7 Å². The third-order valence-corrected chi connectivity index (χ3v) is 5.13. The van der Waals surface area contributed by atoms with Gasteiger partial charge in [0, 0.05) is 12.8 Å². The number of fused-ring (bicyclic) bond motifs is 1. The molecule has 7 heteroatoms. The normalized spacial score (nSPS) is 12.2. The summed E-state index contributed by atoms with van der Waals surface area (Å²) in [4.78, 5) is 4.69. The largest absolute Gasteiger partial charge is 0.327 e. The van der Waals surface area contributed by atoms with Gasteiger partial charge in [0.1, 0.15) is 11.3 Å². The fourth-order valence-corrected chi connectivity index (χ4v) is 3.64. The number of alkyl halides is 1. The minimum absolute atomic E-state index is 0.269. The van der Waals surface area contributed by atoms with Crippen LogP contribution in [0.1, 0.15) is 12.2 Å². The van der Waals surface area contributed by atoms with E-state index in [1.54, 1.807) is 23.9 Å². The Kier molecular flexibility index (Phi) is 4.99. The number of para-hydroxylation sites is 1. The van der Waals surface area contributed by atoms with Crippen molar-refractivity contribution in [1.82, 2.24) is 9.55 Å². The zero-order valence-corrected chi connectivity index (χ0v) is 13.9. The number of thioether (sulfide) groups is 1. The summed E-state index contributed by atoms with van der Waals surface area (Å²) in [6, 6.07) is 5.24. The summed E-state index contributed by atoms with van der Waals surface area (Å²) in [5.41, 5.74) is 1.36. The number of sulfone groups is 1. The minimum Gasteiger partial charge on any atom is -0.327 e. The van der Waals surface area contributed by atoms with Crippen molar-refractivity contribution < 1.29 is 8.42 Å². The van der Waals surface area contributed by atoms with Crippen molar-refractivity contribution in [3.63, 3.8) is 0 Å². The number of rotatable bonds is 6. The van der Waals surface area contributed by atoms with Gasteiger partial charge in [0.2, 0.25) is 0 Å². The molecule has 0 atom stereocenters. The second-order valence-electron chi connectivity index (χ2n) is 4.56. The van der Waals surface area contributed by atoms with Crippen molar-refractivity contribution in [2.75, 3.05) is 18.3 Å². The summed E-state index contributed by atoms with van der Waals surface area (Å²) >= 11 is 7.73. The lowest BCUT2D eigenvalue weighted by molar-refractivity contribution is 0.602. The first-order chi connectivity index (χ1) is 9.49. The average molecular weight is 333 g/mol. The monoisotopic (exact) mass is 332 g/mol. The Morgan fingerprint density at radius 3 is 2.75 bits per heavy atom. The van der Waals surface area contributed by atoms with Crippen LogP contribution in [0.4, 0.5) is 0 Å². The minimum atomic E-state index is -3.29. The van der Waals surface area contributed by atoms with Crippen LogP contribution in [0.2, 0.25) is 0 Å². The van der Waals surface area contributed by atoms with E-state index in [-0.39, 0.29) is 10.8 Å². The third kappa shape index (κ3) is 3.13. The number of benzene rings is 1. The summed E-state index contributed by atoms with van der Waals surface area (Å²) in [5.74, 6) is 2.04. The molecular formula is C13H17ClN2O2S2. The summed E-state index contributed by atoms with van der Waals surface area (Å²) in [5, 5.41) is 0. The molecule has 0 N–H and O–H groups in total. The van der Waals surface area contributed by atoms with E-state index >= 15 is 0 Å². The highest BCUT2D eigenvalue weighted by Crippen LogP contribution is 2.25.